The molecule has 4 aliphatic rings. The maximum Gasteiger partial charge on any atom is 0.336 e. The van der Waals surface area contributed by atoms with Gasteiger partial charge in [0.05, 0.1) is 30.0 Å². The van der Waals surface area contributed by atoms with E-state index in [1.807, 2.05) is 6.92 Å². The molecule has 7 heteroatoms. The maximum atomic E-state index is 12.1. The van der Waals surface area contributed by atoms with Crippen LogP contribution in [0.5, 0.6) is 5.75 Å². The number of hydrogen-bond acceptors (Lipinski definition) is 6. The summed E-state index contributed by atoms with van der Waals surface area (Å²) in [4.78, 5) is 17.0. The molecule has 3 saturated heterocycles. The van der Waals surface area contributed by atoms with Crippen LogP contribution in [0.15, 0.2) is 12.1 Å². The second kappa shape index (κ2) is 9.67. The van der Waals surface area contributed by atoms with Crippen molar-refractivity contribution < 1.29 is 24.1 Å². The van der Waals surface area contributed by atoms with E-state index in [-0.39, 0.29) is 18.3 Å². The number of ether oxygens (including phenoxy) is 3. The van der Waals surface area contributed by atoms with Crippen molar-refractivity contribution in [3.63, 3.8) is 0 Å². The fraction of sp³-hybridized carbons (Fsp3) is 0.741. The third-order valence-corrected chi connectivity index (χ3v) is 8.28. The molecule has 34 heavy (non-hydrogen) atoms. The van der Waals surface area contributed by atoms with Crippen LogP contribution >= 0.6 is 0 Å². The molecule has 2 unspecified atom stereocenters. The van der Waals surface area contributed by atoms with Crippen LogP contribution < -0.4 is 9.64 Å². The van der Waals surface area contributed by atoms with Crippen LogP contribution in [0, 0.1) is 6.92 Å². The molecule has 0 spiro atoms. The topological polar surface area (TPSA) is 71.5 Å². The van der Waals surface area contributed by atoms with E-state index in [4.69, 9.17) is 14.2 Å². The quantitative estimate of drug-likeness (QED) is 0.636. The van der Waals surface area contributed by atoms with Gasteiger partial charge < -0.3 is 24.2 Å². The summed E-state index contributed by atoms with van der Waals surface area (Å²) in [7, 11) is 0. The van der Waals surface area contributed by atoms with E-state index in [9.17, 15) is 9.90 Å². The van der Waals surface area contributed by atoms with Gasteiger partial charge in [-0.25, -0.2) is 4.79 Å². The number of aromatic carboxylic acids is 1. The van der Waals surface area contributed by atoms with Crippen molar-refractivity contribution in [2.24, 2.45) is 0 Å². The first-order valence-corrected chi connectivity index (χ1v) is 13.2. The standard InChI is InChI=1S/C27H40N2O5/c1-5-29(20-10-21-6-7-22(11-20)33-21)26-13-24(12-25(18(26)4)27(30)31)34-23-8-19(9-23)28-14-16(2)32-17(3)15-28/h12-13,16-17,19-23H,5-11,14-15H2,1-4H3,(H,30,31)/t16-,17+,19-,20?,21?,22?,23-. The molecule has 3 aliphatic heterocycles. The Balaban J connectivity index is 1.31. The molecule has 188 valence electrons. The third-order valence-electron chi connectivity index (χ3n) is 8.28. The summed E-state index contributed by atoms with van der Waals surface area (Å²) in [5, 5.41) is 9.93. The fourth-order valence-electron chi connectivity index (χ4n) is 6.61. The number of carboxylic acids is 1. The highest BCUT2D eigenvalue weighted by atomic mass is 16.5. The molecule has 5 rings (SSSR count). The van der Waals surface area contributed by atoms with Crippen LogP contribution in [0.1, 0.15) is 75.2 Å². The van der Waals surface area contributed by atoms with E-state index >= 15 is 0 Å². The lowest BCUT2D eigenvalue weighted by atomic mass is 9.87. The molecule has 7 nitrogen and oxygen atoms in total. The molecule has 1 N–H and O–H groups in total. The number of carboxylic acid groups (broad SMARTS) is 1. The van der Waals surface area contributed by atoms with Gasteiger partial charge >= 0.3 is 5.97 Å². The van der Waals surface area contributed by atoms with Gasteiger partial charge in [0.2, 0.25) is 0 Å². The Hall–Kier alpha value is -1.83. The maximum absolute atomic E-state index is 12.1. The van der Waals surface area contributed by atoms with E-state index in [2.05, 4.69) is 36.6 Å². The first-order valence-electron chi connectivity index (χ1n) is 13.2. The molecule has 4 fully saturated rings. The van der Waals surface area contributed by atoms with E-state index < -0.39 is 5.97 Å². The normalized spacial score (nSPS) is 35.6. The second-order valence-electron chi connectivity index (χ2n) is 10.9. The summed E-state index contributed by atoms with van der Waals surface area (Å²) >= 11 is 0. The van der Waals surface area contributed by atoms with Crippen LogP contribution in [-0.4, -0.2) is 78.2 Å². The highest BCUT2D eigenvalue weighted by molar-refractivity contribution is 5.92. The van der Waals surface area contributed by atoms with E-state index in [0.717, 1.165) is 69.4 Å². The van der Waals surface area contributed by atoms with Gasteiger partial charge in [-0.15, -0.1) is 0 Å². The summed E-state index contributed by atoms with van der Waals surface area (Å²) in [6.07, 6.45) is 7.61. The zero-order chi connectivity index (χ0) is 24.0. The van der Waals surface area contributed by atoms with Crippen molar-refractivity contribution in [1.29, 1.82) is 0 Å². The summed E-state index contributed by atoms with van der Waals surface area (Å²) in [5.74, 6) is -0.214. The molecule has 1 saturated carbocycles. The highest BCUT2D eigenvalue weighted by Gasteiger charge is 2.40. The first kappa shape index (κ1) is 23.9. The van der Waals surface area contributed by atoms with Gasteiger partial charge in [-0.05, 0) is 65.0 Å². The lowest BCUT2D eigenvalue weighted by Crippen LogP contribution is -2.56. The largest absolute Gasteiger partial charge is 0.490 e. The molecule has 1 aromatic rings. The monoisotopic (exact) mass is 472 g/mol. The predicted molar refractivity (Wildman–Crippen MR) is 131 cm³/mol. The van der Waals surface area contributed by atoms with Crippen molar-refractivity contribution in [2.45, 2.75) is 109 Å². The molecule has 4 atom stereocenters. The smallest absolute Gasteiger partial charge is 0.336 e. The van der Waals surface area contributed by atoms with Gasteiger partial charge in [-0.3, -0.25) is 4.90 Å². The Morgan fingerprint density at radius 2 is 1.74 bits per heavy atom. The Morgan fingerprint density at radius 3 is 2.32 bits per heavy atom. The summed E-state index contributed by atoms with van der Waals surface area (Å²) in [6, 6.07) is 4.70. The number of rotatable bonds is 7. The number of morpholine rings is 1. The van der Waals surface area contributed by atoms with Gasteiger partial charge in [-0.2, -0.15) is 0 Å². The van der Waals surface area contributed by atoms with Crippen molar-refractivity contribution in [3.05, 3.63) is 23.3 Å². The van der Waals surface area contributed by atoms with Crippen LogP contribution in [0.3, 0.4) is 0 Å². The molecule has 0 amide bonds. The molecule has 0 radical (unpaired) electrons. The summed E-state index contributed by atoms with van der Waals surface area (Å²) in [5.41, 5.74) is 2.16. The fourth-order valence-corrected chi connectivity index (χ4v) is 6.61. The van der Waals surface area contributed by atoms with Crippen molar-refractivity contribution in [2.75, 3.05) is 24.5 Å². The minimum absolute atomic E-state index is 0.129. The van der Waals surface area contributed by atoms with Gasteiger partial charge in [0.1, 0.15) is 11.9 Å². The summed E-state index contributed by atoms with van der Waals surface area (Å²) < 4.78 is 18.3. The Bertz CT molecular complexity index is 879. The van der Waals surface area contributed by atoms with Crippen LogP contribution in [0.25, 0.3) is 0 Å². The van der Waals surface area contributed by atoms with Gasteiger partial charge in [0.25, 0.3) is 0 Å². The number of hydrogen-bond donors (Lipinski definition) is 1. The molecule has 1 aromatic carbocycles. The Kier molecular flexibility index (Phi) is 6.79. The average Bonchev–Trinajstić information content (AvgIpc) is 3.09. The molecule has 0 aromatic heterocycles. The minimum atomic E-state index is -0.893. The average molecular weight is 473 g/mol. The van der Waals surface area contributed by atoms with E-state index in [1.165, 1.54) is 0 Å². The number of fused-ring (bicyclic) bond motifs is 2. The van der Waals surface area contributed by atoms with Crippen LogP contribution in [0.4, 0.5) is 5.69 Å². The Morgan fingerprint density at radius 1 is 1.09 bits per heavy atom. The van der Waals surface area contributed by atoms with Crippen LogP contribution in [0.2, 0.25) is 0 Å². The summed E-state index contributed by atoms with van der Waals surface area (Å²) in [6.45, 7) is 11.1. The minimum Gasteiger partial charge on any atom is -0.490 e. The number of anilines is 1. The highest BCUT2D eigenvalue weighted by Crippen LogP contribution is 2.40. The molecule has 2 bridgehead atoms. The lowest BCUT2D eigenvalue weighted by molar-refractivity contribution is -0.103. The van der Waals surface area contributed by atoms with Crippen LogP contribution in [-0.2, 0) is 9.47 Å². The number of carbonyl (C=O) groups is 1. The van der Waals surface area contributed by atoms with Crippen molar-refractivity contribution in [1.82, 2.24) is 4.90 Å². The second-order valence-corrected chi connectivity index (χ2v) is 10.9. The zero-order valence-corrected chi connectivity index (χ0v) is 21.0. The SMILES string of the molecule is CCN(c1cc(O[C@H]2C[C@H](N3C[C@@H](C)O[C@@H](C)C3)C2)cc(C(=O)O)c1C)C1CC2CCC(C1)O2. The number of benzene rings is 1. The predicted octanol–water partition coefficient (Wildman–Crippen LogP) is 4.25. The Labute approximate surface area is 203 Å². The van der Waals surface area contributed by atoms with Crippen molar-refractivity contribution in [3.8, 4) is 5.75 Å². The molecular formula is C27H40N2O5. The molecule has 1 aliphatic carbocycles. The first-order chi connectivity index (χ1) is 16.3. The van der Waals surface area contributed by atoms with Gasteiger partial charge in [0.15, 0.2) is 0 Å². The van der Waals surface area contributed by atoms with E-state index in [0.29, 0.717) is 35.6 Å². The third kappa shape index (κ3) is 4.79. The van der Waals surface area contributed by atoms with Crippen molar-refractivity contribution >= 4 is 11.7 Å². The van der Waals surface area contributed by atoms with Gasteiger partial charge in [-0.1, -0.05) is 0 Å². The van der Waals surface area contributed by atoms with E-state index in [1.54, 1.807) is 6.07 Å². The van der Waals surface area contributed by atoms with Gasteiger partial charge in [0, 0.05) is 56.3 Å². The molecule has 3 heterocycles. The lowest BCUT2D eigenvalue weighted by Gasteiger charge is -2.47. The molecular weight excluding hydrogens is 432 g/mol. The zero-order valence-electron chi connectivity index (χ0n) is 21.0. The number of nitrogens with zero attached hydrogens (tertiary/aromatic N) is 2.